The van der Waals surface area contributed by atoms with Crippen molar-refractivity contribution in [2.75, 3.05) is 12.3 Å². The molecule has 0 spiro atoms. The van der Waals surface area contributed by atoms with Crippen LogP contribution in [-0.2, 0) is 4.74 Å². The highest BCUT2D eigenvalue weighted by atomic mass is 16.5. The van der Waals surface area contributed by atoms with Crippen molar-refractivity contribution in [2.24, 2.45) is 0 Å². The molecule has 0 aliphatic carbocycles. The first-order valence-corrected chi connectivity index (χ1v) is 8.28. The highest BCUT2D eigenvalue weighted by molar-refractivity contribution is 6.01. The lowest BCUT2D eigenvalue weighted by molar-refractivity contribution is 0.0519. The Hall–Kier alpha value is -3.48. The Kier molecular flexibility index (Phi) is 3.76. The minimum Gasteiger partial charge on any atom is -0.461 e. The Bertz CT molecular complexity index is 1140. The molecule has 0 amide bonds. The summed E-state index contributed by atoms with van der Waals surface area (Å²) in [5.41, 5.74) is 9.18. The van der Waals surface area contributed by atoms with Crippen LogP contribution in [0.15, 0.2) is 42.5 Å². The predicted octanol–water partition coefficient (Wildman–Crippen LogP) is 3.01. The molecule has 4 rings (SSSR count). The van der Waals surface area contributed by atoms with Crippen LogP contribution in [0.5, 0.6) is 0 Å². The number of esters is 1. The Morgan fingerprint density at radius 2 is 1.92 bits per heavy atom. The van der Waals surface area contributed by atoms with Crippen molar-refractivity contribution in [2.45, 2.75) is 13.8 Å². The van der Waals surface area contributed by atoms with E-state index in [0.29, 0.717) is 5.65 Å². The topological polar surface area (TPSA) is 95.4 Å². The number of fused-ring (bicyclic) bond motifs is 2. The number of carbonyl (C=O) groups excluding carboxylic acids is 1. The number of nitrogens with zero attached hydrogens (tertiary/aromatic N) is 4. The molecule has 7 heteroatoms. The fourth-order valence-corrected chi connectivity index (χ4v) is 3.13. The zero-order valence-electron chi connectivity index (χ0n) is 14.4. The normalized spacial score (nSPS) is 11.2. The molecule has 130 valence electrons. The summed E-state index contributed by atoms with van der Waals surface area (Å²) in [6.45, 7) is 3.84. The number of aromatic nitrogens is 4. The molecule has 2 aromatic carbocycles. The van der Waals surface area contributed by atoms with E-state index in [-0.39, 0.29) is 18.1 Å². The van der Waals surface area contributed by atoms with Gasteiger partial charge in [-0.15, -0.1) is 10.2 Å². The van der Waals surface area contributed by atoms with Crippen molar-refractivity contribution in [1.82, 2.24) is 19.8 Å². The summed E-state index contributed by atoms with van der Waals surface area (Å²) in [6, 6.07) is 14.2. The highest BCUT2D eigenvalue weighted by Gasteiger charge is 2.22. The Morgan fingerprint density at radius 1 is 1.15 bits per heavy atom. The van der Waals surface area contributed by atoms with Crippen LogP contribution in [0.4, 0.5) is 5.82 Å². The van der Waals surface area contributed by atoms with E-state index in [1.807, 2.05) is 31.2 Å². The number of hydrogen-bond acceptors (Lipinski definition) is 6. The van der Waals surface area contributed by atoms with Gasteiger partial charge in [0.25, 0.3) is 0 Å². The number of nitrogen functional groups attached to an aromatic ring is 1. The average molecular weight is 347 g/mol. The maximum absolute atomic E-state index is 12.0. The molecule has 0 saturated heterocycles. The number of anilines is 1. The van der Waals surface area contributed by atoms with Crippen molar-refractivity contribution in [3.63, 3.8) is 0 Å². The van der Waals surface area contributed by atoms with Gasteiger partial charge < -0.3 is 10.5 Å². The number of carbonyl (C=O) groups is 1. The number of rotatable bonds is 3. The van der Waals surface area contributed by atoms with E-state index in [1.54, 1.807) is 6.92 Å². The third kappa shape index (κ3) is 2.36. The van der Waals surface area contributed by atoms with Gasteiger partial charge in [0, 0.05) is 0 Å². The Balaban J connectivity index is 1.98. The molecule has 4 aromatic rings. The Morgan fingerprint density at radius 3 is 2.73 bits per heavy atom. The van der Waals surface area contributed by atoms with Gasteiger partial charge in [0.05, 0.1) is 17.9 Å². The van der Waals surface area contributed by atoms with Gasteiger partial charge in [-0.25, -0.2) is 4.79 Å². The third-order valence-electron chi connectivity index (χ3n) is 4.28. The van der Waals surface area contributed by atoms with E-state index in [1.165, 1.54) is 4.52 Å². The van der Waals surface area contributed by atoms with E-state index in [4.69, 9.17) is 10.5 Å². The fraction of sp³-hybridized carbons (Fsp3) is 0.158. The second-order valence-corrected chi connectivity index (χ2v) is 5.88. The first-order chi connectivity index (χ1) is 12.6. The van der Waals surface area contributed by atoms with Crippen molar-refractivity contribution in [3.05, 3.63) is 53.9 Å². The molecule has 0 unspecified atom stereocenters. The maximum atomic E-state index is 12.0. The molecule has 26 heavy (non-hydrogen) atoms. The summed E-state index contributed by atoms with van der Waals surface area (Å²) in [7, 11) is 0. The molecular formula is C19H17N5O2. The molecule has 0 aliphatic rings. The molecule has 7 nitrogen and oxygen atoms in total. The third-order valence-corrected chi connectivity index (χ3v) is 4.28. The molecule has 2 heterocycles. The van der Waals surface area contributed by atoms with Gasteiger partial charge >= 0.3 is 5.97 Å². The zero-order valence-corrected chi connectivity index (χ0v) is 14.4. The van der Waals surface area contributed by atoms with E-state index in [9.17, 15) is 4.79 Å². The first kappa shape index (κ1) is 16.0. The van der Waals surface area contributed by atoms with Crippen molar-refractivity contribution >= 4 is 28.2 Å². The molecule has 0 saturated carbocycles. The van der Waals surface area contributed by atoms with Crippen molar-refractivity contribution in [3.8, 4) is 11.1 Å². The zero-order chi connectivity index (χ0) is 18.3. The summed E-state index contributed by atoms with van der Waals surface area (Å²) < 4.78 is 6.42. The number of aryl methyl sites for hydroxylation is 1. The molecule has 2 aromatic heterocycles. The van der Waals surface area contributed by atoms with E-state index in [0.717, 1.165) is 27.6 Å². The van der Waals surface area contributed by atoms with Gasteiger partial charge in [-0.1, -0.05) is 42.5 Å². The minimum absolute atomic E-state index is 0.0358. The van der Waals surface area contributed by atoms with Crippen LogP contribution in [0.1, 0.15) is 23.1 Å². The van der Waals surface area contributed by atoms with E-state index in [2.05, 4.69) is 33.5 Å². The molecule has 0 fully saturated rings. The predicted molar refractivity (Wildman–Crippen MR) is 98.8 cm³/mol. The second kappa shape index (κ2) is 6.11. The van der Waals surface area contributed by atoms with Crippen LogP contribution in [0.25, 0.3) is 27.5 Å². The summed E-state index contributed by atoms with van der Waals surface area (Å²) in [5.74, 6) is -0.498. The number of ether oxygens (including phenoxy) is 1. The SMILES string of the molecule is CCOC(=O)c1nnc2c(-c3cccc4ccccc34)c(C)nn2c1N. The fourth-order valence-electron chi connectivity index (χ4n) is 3.13. The smallest absolute Gasteiger partial charge is 0.362 e. The quantitative estimate of drug-likeness (QED) is 0.572. The van der Waals surface area contributed by atoms with Crippen LogP contribution >= 0.6 is 0 Å². The molecule has 0 bridgehead atoms. The first-order valence-electron chi connectivity index (χ1n) is 8.28. The van der Waals surface area contributed by atoms with Gasteiger partial charge in [0.15, 0.2) is 11.5 Å². The maximum Gasteiger partial charge on any atom is 0.362 e. The summed E-state index contributed by atoms with van der Waals surface area (Å²) in [6.07, 6.45) is 0. The summed E-state index contributed by atoms with van der Waals surface area (Å²) >= 11 is 0. The average Bonchev–Trinajstić information content (AvgIpc) is 2.98. The highest BCUT2D eigenvalue weighted by Crippen LogP contribution is 2.33. The number of benzene rings is 2. The second-order valence-electron chi connectivity index (χ2n) is 5.88. The number of hydrogen-bond donors (Lipinski definition) is 1. The minimum atomic E-state index is -0.612. The van der Waals surface area contributed by atoms with Crippen LogP contribution < -0.4 is 5.73 Å². The largest absolute Gasteiger partial charge is 0.461 e. The van der Waals surface area contributed by atoms with Gasteiger partial charge in [0.1, 0.15) is 0 Å². The standard InChI is InChI=1S/C19H17N5O2/c1-3-26-19(25)16-17(20)24-18(22-21-16)15(11(2)23-24)14-10-6-8-12-7-4-5-9-13(12)14/h4-10H,3,20H2,1-2H3. The molecule has 0 radical (unpaired) electrons. The lowest BCUT2D eigenvalue weighted by Gasteiger charge is -2.07. The molecule has 0 atom stereocenters. The lowest BCUT2D eigenvalue weighted by atomic mass is 9.98. The van der Waals surface area contributed by atoms with Crippen molar-refractivity contribution < 1.29 is 9.53 Å². The van der Waals surface area contributed by atoms with Crippen LogP contribution in [0, 0.1) is 6.92 Å². The van der Waals surface area contributed by atoms with Crippen LogP contribution in [0.3, 0.4) is 0 Å². The summed E-state index contributed by atoms with van der Waals surface area (Å²) in [5, 5.41) is 14.9. The van der Waals surface area contributed by atoms with Crippen LogP contribution in [0.2, 0.25) is 0 Å². The summed E-state index contributed by atoms with van der Waals surface area (Å²) in [4.78, 5) is 12.0. The lowest BCUT2D eigenvalue weighted by Crippen LogP contribution is -2.15. The molecule has 2 N–H and O–H groups in total. The molecule has 0 aliphatic heterocycles. The van der Waals surface area contributed by atoms with Gasteiger partial charge in [-0.3, -0.25) is 0 Å². The van der Waals surface area contributed by atoms with Crippen molar-refractivity contribution in [1.29, 1.82) is 0 Å². The van der Waals surface area contributed by atoms with Gasteiger partial charge in [0.2, 0.25) is 5.69 Å². The van der Waals surface area contributed by atoms with E-state index < -0.39 is 5.97 Å². The molecular weight excluding hydrogens is 330 g/mol. The van der Waals surface area contributed by atoms with Crippen LogP contribution in [-0.4, -0.2) is 32.4 Å². The number of nitrogens with two attached hydrogens (primary N) is 1. The van der Waals surface area contributed by atoms with Gasteiger partial charge in [-0.05, 0) is 30.2 Å². The Labute approximate surface area is 149 Å². The van der Waals surface area contributed by atoms with E-state index >= 15 is 0 Å². The monoisotopic (exact) mass is 347 g/mol. The van der Waals surface area contributed by atoms with Gasteiger partial charge in [-0.2, -0.15) is 9.61 Å².